The van der Waals surface area contributed by atoms with Gasteiger partial charge in [-0.2, -0.15) is 0 Å². The molecule has 7 heteroatoms. The lowest BCUT2D eigenvalue weighted by atomic mass is 9.95. The van der Waals surface area contributed by atoms with Gasteiger partial charge in [0.05, 0.1) is 11.6 Å². The molecule has 0 saturated carbocycles. The van der Waals surface area contributed by atoms with Crippen molar-refractivity contribution in [3.8, 4) is 0 Å². The van der Waals surface area contributed by atoms with Crippen LogP contribution in [0.15, 0.2) is 72.6 Å². The van der Waals surface area contributed by atoms with Crippen LogP contribution in [-0.4, -0.2) is 21.8 Å². The highest BCUT2D eigenvalue weighted by molar-refractivity contribution is 6.51. The van der Waals surface area contributed by atoms with Crippen LogP contribution < -0.4 is 4.90 Å². The van der Waals surface area contributed by atoms with E-state index in [1.165, 1.54) is 55.7 Å². The Morgan fingerprint density at radius 3 is 2.43 bits per heavy atom. The molecule has 1 saturated heterocycles. The van der Waals surface area contributed by atoms with E-state index >= 15 is 0 Å². The summed E-state index contributed by atoms with van der Waals surface area (Å²) in [4.78, 5) is 30.9. The number of anilines is 1. The van der Waals surface area contributed by atoms with Gasteiger partial charge in [-0.05, 0) is 66.6 Å². The number of hydrogen-bond acceptors (Lipinski definition) is 4. The number of nitrogens with zero attached hydrogens (tertiary/aromatic N) is 2. The van der Waals surface area contributed by atoms with Crippen LogP contribution in [0, 0.1) is 18.6 Å². The number of hydrogen-bond donors (Lipinski definition) is 1. The predicted molar refractivity (Wildman–Crippen MR) is 107 cm³/mol. The lowest BCUT2D eigenvalue weighted by Gasteiger charge is -2.25. The number of pyridine rings is 1. The first-order chi connectivity index (χ1) is 14.4. The Bertz CT molecular complexity index is 1190. The van der Waals surface area contributed by atoms with E-state index < -0.39 is 35.1 Å². The number of ketones is 1. The molecule has 1 aliphatic rings. The van der Waals surface area contributed by atoms with Crippen LogP contribution in [0.3, 0.4) is 0 Å². The lowest BCUT2D eigenvalue weighted by molar-refractivity contribution is -0.132. The zero-order valence-corrected chi connectivity index (χ0v) is 15.8. The Kier molecular flexibility index (Phi) is 4.87. The van der Waals surface area contributed by atoms with Gasteiger partial charge in [-0.15, -0.1) is 0 Å². The molecule has 1 N–H and O–H groups in total. The standard InChI is InChI=1S/C23H16F2N2O3/c1-13-11-15(5-6-18(13)25)21(28)19-20(14-7-9-26-10-8-14)27(23(30)22(19)29)17-4-2-3-16(24)12-17/h2-12,20,28H,1H3/b21-19+. The summed E-state index contributed by atoms with van der Waals surface area (Å²) in [7, 11) is 0. The van der Waals surface area contributed by atoms with Gasteiger partial charge >= 0.3 is 0 Å². The van der Waals surface area contributed by atoms with Crippen molar-refractivity contribution < 1.29 is 23.5 Å². The SMILES string of the molecule is Cc1cc(/C(O)=C2\C(=O)C(=O)N(c3cccc(F)c3)C2c2ccncc2)ccc1F. The fourth-order valence-electron chi connectivity index (χ4n) is 3.53. The maximum atomic E-state index is 13.8. The van der Waals surface area contributed by atoms with E-state index in [2.05, 4.69) is 4.98 Å². The number of halogens is 2. The van der Waals surface area contributed by atoms with Crippen LogP contribution in [-0.2, 0) is 9.59 Å². The average Bonchev–Trinajstić information content (AvgIpc) is 3.01. The van der Waals surface area contributed by atoms with Crippen molar-refractivity contribution in [1.29, 1.82) is 0 Å². The van der Waals surface area contributed by atoms with Gasteiger partial charge in [0.25, 0.3) is 11.7 Å². The van der Waals surface area contributed by atoms with Gasteiger partial charge < -0.3 is 5.11 Å². The Balaban J connectivity index is 1.95. The summed E-state index contributed by atoms with van der Waals surface area (Å²) >= 11 is 0. The van der Waals surface area contributed by atoms with E-state index in [9.17, 15) is 23.5 Å². The molecule has 2 aromatic carbocycles. The average molecular weight is 406 g/mol. The van der Waals surface area contributed by atoms with Crippen LogP contribution >= 0.6 is 0 Å². The third kappa shape index (κ3) is 3.24. The molecular weight excluding hydrogens is 390 g/mol. The van der Waals surface area contributed by atoms with Crippen molar-refractivity contribution in [3.63, 3.8) is 0 Å². The van der Waals surface area contributed by atoms with Crippen molar-refractivity contribution in [2.75, 3.05) is 4.90 Å². The fourth-order valence-corrected chi connectivity index (χ4v) is 3.53. The van der Waals surface area contributed by atoms with Crippen molar-refractivity contribution in [1.82, 2.24) is 4.98 Å². The van der Waals surface area contributed by atoms with Gasteiger partial charge in [-0.25, -0.2) is 8.78 Å². The van der Waals surface area contributed by atoms with E-state index in [4.69, 9.17) is 0 Å². The Morgan fingerprint density at radius 1 is 1.03 bits per heavy atom. The highest BCUT2D eigenvalue weighted by Gasteiger charge is 2.47. The highest BCUT2D eigenvalue weighted by atomic mass is 19.1. The molecule has 1 fully saturated rings. The minimum Gasteiger partial charge on any atom is -0.507 e. The van der Waals surface area contributed by atoms with Crippen LogP contribution in [0.2, 0.25) is 0 Å². The molecule has 150 valence electrons. The van der Waals surface area contributed by atoms with E-state index in [0.29, 0.717) is 5.56 Å². The summed E-state index contributed by atoms with van der Waals surface area (Å²) < 4.78 is 27.5. The minimum absolute atomic E-state index is 0.165. The minimum atomic E-state index is -1.000. The Morgan fingerprint density at radius 2 is 1.77 bits per heavy atom. The number of Topliss-reactive ketones (excluding diaryl/α,β-unsaturated/α-hetero) is 1. The van der Waals surface area contributed by atoms with E-state index in [-0.39, 0.29) is 22.4 Å². The summed E-state index contributed by atoms with van der Waals surface area (Å²) in [5.41, 5.74) is 0.993. The monoisotopic (exact) mass is 406 g/mol. The molecule has 30 heavy (non-hydrogen) atoms. The molecule has 0 radical (unpaired) electrons. The van der Waals surface area contributed by atoms with E-state index in [1.54, 1.807) is 12.1 Å². The van der Waals surface area contributed by atoms with E-state index in [1.807, 2.05) is 0 Å². The number of aryl methyl sites for hydroxylation is 1. The van der Waals surface area contributed by atoms with Crippen LogP contribution in [0.25, 0.3) is 5.76 Å². The number of carbonyl (C=O) groups is 2. The van der Waals surface area contributed by atoms with Crippen molar-refractivity contribution >= 4 is 23.1 Å². The second-order valence-corrected chi connectivity index (χ2v) is 6.89. The third-order valence-electron chi connectivity index (χ3n) is 4.98. The number of aliphatic hydroxyl groups is 1. The van der Waals surface area contributed by atoms with E-state index in [0.717, 1.165) is 11.0 Å². The zero-order chi connectivity index (χ0) is 21.4. The molecule has 1 aromatic heterocycles. The molecule has 5 nitrogen and oxygen atoms in total. The Hall–Kier alpha value is -3.87. The Labute approximate surface area is 170 Å². The molecule has 1 unspecified atom stereocenters. The number of benzene rings is 2. The topological polar surface area (TPSA) is 70.5 Å². The maximum absolute atomic E-state index is 13.8. The second kappa shape index (κ2) is 7.51. The zero-order valence-electron chi connectivity index (χ0n) is 15.8. The number of rotatable bonds is 3. The summed E-state index contributed by atoms with van der Waals surface area (Å²) in [5.74, 6) is -3.28. The van der Waals surface area contributed by atoms with Crippen molar-refractivity contribution in [2.45, 2.75) is 13.0 Å². The van der Waals surface area contributed by atoms with Gasteiger partial charge in [-0.1, -0.05) is 6.07 Å². The molecule has 0 aliphatic carbocycles. The van der Waals surface area contributed by atoms with Crippen LogP contribution in [0.4, 0.5) is 14.5 Å². The normalized spacial score (nSPS) is 18.1. The number of aliphatic hydroxyl groups excluding tert-OH is 1. The van der Waals surface area contributed by atoms with Crippen molar-refractivity contribution in [3.05, 3.63) is 101 Å². The van der Waals surface area contributed by atoms with Gasteiger partial charge in [0, 0.05) is 23.6 Å². The molecule has 1 atom stereocenters. The number of carbonyl (C=O) groups excluding carboxylic acids is 2. The van der Waals surface area contributed by atoms with Gasteiger partial charge in [-0.3, -0.25) is 19.5 Å². The molecule has 4 rings (SSSR count). The molecule has 0 bridgehead atoms. The third-order valence-corrected chi connectivity index (χ3v) is 4.98. The summed E-state index contributed by atoms with van der Waals surface area (Å²) in [6.45, 7) is 1.53. The van der Waals surface area contributed by atoms with Gasteiger partial charge in [0.15, 0.2) is 0 Å². The first-order valence-corrected chi connectivity index (χ1v) is 9.11. The molecule has 0 spiro atoms. The summed E-state index contributed by atoms with van der Waals surface area (Å²) in [6.07, 6.45) is 2.98. The van der Waals surface area contributed by atoms with Gasteiger partial charge in [0.2, 0.25) is 0 Å². The molecule has 2 heterocycles. The number of aromatic nitrogens is 1. The first kappa shape index (κ1) is 19.4. The maximum Gasteiger partial charge on any atom is 0.300 e. The van der Waals surface area contributed by atoms with Crippen molar-refractivity contribution in [2.24, 2.45) is 0 Å². The second-order valence-electron chi connectivity index (χ2n) is 6.89. The summed E-state index contributed by atoms with van der Waals surface area (Å²) in [5, 5.41) is 10.9. The molecule has 3 aromatic rings. The largest absolute Gasteiger partial charge is 0.507 e. The first-order valence-electron chi connectivity index (χ1n) is 9.11. The highest BCUT2D eigenvalue weighted by Crippen LogP contribution is 2.42. The molecular formula is C23H16F2N2O3. The quantitative estimate of drug-likeness (QED) is 0.400. The smallest absolute Gasteiger partial charge is 0.300 e. The molecule has 1 aliphatic heterocycles. The van der Waals surface area contributed by atoms with Crippen LogP contribution in [0.1, 0.15) is 22.7 Å². The lowest BCUT2D eigenvalue weighted by Crippen LogP contribution is -2.29. The number of amides is 1. The molecule has 1 amide bonds. The predicted octanol–water partition coefficient (Wildman–Crippen LogP) is 4.29. The van der Waals surface area contributed by atoms with Crippen LogP contribution in [0.5, 0.6) is 0 Å². The summed E-state index contributed by atoms with van der Waals surface area (Å²) in [6, 6.07) is 11.4. The van der Waals surface area contributed by atoms with Gasteiger partial charge in [0.1, 0.15) is 17.4 Å². The fraction of sp³-hybridized carbons (Fsp3) is 0.0870.